The number of rotatable bonds is 4. The molecule has 15 heavy (non-hydrogen) atoms. The number of carboxylic acids is 1. The largest absolute Gasteiger partial charge is 0.481 e. The Morgan fingerprint density at radius 3 is 2.47 bits per heavy atom. The highest BCUT2D eigenvalue weighted by molar-refractivity contribution is 8.14. The molecule has 3 nitrogen and oxygen atoms in total. The summed E-state index contributed by atoms with van der Waals surface area (Å²) in [6.07, 6.45) is 3.24. The lowest BCUT2D eigenvalue weighted by Gasteiger charge is -1.96. The molecule has 4 heteroatoms. The first-order valence-electron chi connectivity index (χ1n) is 4.99. The van der Waals surface area contributed by atoms with Crippen molar-refractivity contribution >= 4 is 22.8 Å². The molecule has 0 heterocycles. The fourth-order valence-corrected chi connectivity index (χ4v) is 2.34. The highest BCUT2D eigenvalue weighted by Gasteiger charge is 2.60. The molecule has 1 rings (SSSR count). The number of aliphatic carboxylic acids is 1. The second kappa shape index (κ2) is 4.39. The minimum absolute atomic E-state index is 0.00333. The SMILES string of the molecule is CCSC(=O)C=CC1C(C(=O)O)C1(C)C. The summed E-state index contributed by atoms with van der Waals surface area (Å²) in [7, 11) is 0. The van der Waals surface area contributed by atoms with Crippen LogP contribution in [0.25, 0.3) is 0 Å². The molecular formula is C11H16O3S. The smallest absolute Gasteiger partial charge is 0.307 e. The Bertz CT molecular complexity index is 307. The Hall–Kier alpha value is -0.770. The van der Waals surface area contributed by atoms with Crippen molar-refractivity contribution < 1.29 is 14.7 Å². The molecule has 0 aromatic heterocycles. The highest BCUT2D eigenvalue weighted by atomic mass is 32.2. The highest BCUT2D eigenvalue weighted by Crippen LogP contribution is 2.59. The molecule has 2 atom stereocenters. The van der Waals surface area contributed by atoms with Gasteiger partial charge in [-0.1, -0.05) is 38.6 Å². The number of carboxylic acid groups (broad SMARTS) is 1. The summed E-state index contributed by atoms with van der Waals surface area (Å²) < 4.78 is 0. The van der Waals surface area contributed by atoms with Gasteiger partial charge in [-0.2, -0.15) is 0 Å². The van der Waals surface area contributed by atoms with Crippen molar-refractivity contribution in [3.63, 3.8) is 0 Å². The van der Waals surface area contributed by atoms with Crippen LogP contribution in [0.2, 0.25) is 0 Å². The fourth-order valence-electron chi connectivity index (χ4n) is 1.88. The van der Waals surface area contributed by atoms with Crippen molar-refractivity contribution in [2.24, 2.45) is 17.3 Å². The average Bonchev–Trinajstić information content (AvgIpc) is 2.65. The molecule has 0 aromatic rings. The minimum Gasteiger partial charge on any atom is -0.481 e. The van der Waals surface area contributed by atoms with Crippen molar-refractivity contribution in [2.75, 3.05) is 5.75 Å². The molecule has 0 spiro atoms. The molecule has 2 unspecified atom stereocenters. The van der Waals surface area contributed by atoms with Gasteiger partial charge in [0.15, 0.2) is 0 Å². The van der Waals surface area contributed by atoms with Gasteiger partial charge >= 0.3 is 5.97 Å². The molecular weight excluding hydrogens is 212 g/mol. The number of carbonyl (C=O) groups is 2. The first-order chi connectivity index (χ1) is 6.91. The van der Waals surface area contributed by atoms with E-state index in [1.807, 2.05) is 20.8 Å². The third kappa shape index (κ3) is 2.62. The van der Waals surface area contributed by atoms with Gasteiger partial charge in [0, 0.05) is 0 Å². The van der Waals surface area contributed by atoms with Gasteiger partial charge in [0.05, 0.1) is 5.92 Å². The molecule has 0 aliphatic heterocycles. The summed E-state index contributed by atoms with van der Waals surface area (Å²) in [5, 5.41) is 8.91. The molecule has 0 bridgehead atoms. The predicted octanol–water partition coefficient (Wildman–Crippen LogP) is 2.18. The van der Waals surface area contributed by atoms with Crippen molar-refractivity contribution in [3.8, 4) is 0 Å². The minimum atomic E-state index is -0.773. The Morgan fingerprint density at radius 1 is 1.47 bits per heavy atom. The van der Waals surface area contributed by atoms with Crippen LogP contribution >= 0.6 is 11.8 Å². The van der Waals surface area contributed by atoms with Crippen LogP contribution in [-0.2, 0) is 9.59 Å². The monoisotopic (exact) mass is 228 g/mol. The van der Waals surface area contributed by atoms with Crippen LogP contribution in [0.3, 0.4) is 0 Å². The van der Waals surface area contributed by atoms with Gasteiger partial charge in [0.1, 0.15) is 0 Å². The van der Waals surface area contributed by atoms with Crippen LogP contribution in [0.1, 0.15) is 20.8 Å². The van der Waals surface area contributed by atoms with E-state index >= 15 is 0 Å². The third-order valence-corrected chi connectivity index (χ3v) is 3.61. The number of allylic oxidation sites excluding steroid dienone is 1. The van der Waals surface area contributed by atoms with E-state index in [0.29, 0.717) is 0 Å². The molecule has 0 radical (unpaired) electrons. The lowest BCUT2D eigenvalue weighted by Crippen LogP contribution is -2.03. The first kappa shape index (κ1) is 12.3. The van der Waals surface area contributed by atoms with Crippen LogP contribution in [0.4, 0.5) is 0 Å². The number of thioether (sulfide) groups is 1. The van der Waals surface area contributed by atoms with Crippen LogP contribution in [0.5, 0.6) is 0 Å². The molecule has 1 N–H and O–H groups in total. The maximum atomic E-state index is 11.2. The van der Waals surface area contributed by atoms with Crippen molar-refractivity contribution in [1.82, 2.24) is 0 Å². The van der Waals surface area contributed by atoms with Crippen molar-refractivity contribution in [1.29, 1.82) is 0 Å². The van der Waals surface area contributed by atoms with E-state index < -0.39 is 5.97 Å². The zero-order chi connectivity index (χ0) is 11.6. The summed E-state index contributed by atoms with van der Waals surface area (Å²) >= 11 is 1.24. The normalized spacial score (nSPS) is 27.9. The number of hydrogen-bond donors (Lipinski definition) is 1. The molecule has 1 saturated carbocycles. The van der Waals surface area contributed by atoms with E-state index in [4.69, 9.17) is 5.11 Å². The lowest BCUT2D eigenvalue weighted by atomic mass is 10.1. The van der Waals surface area contributed by atoms with E-state index in [1.165, 1.54) is 17.8 Å². The summed E-state index contributed by atoms with van der Waals surface area (Å²) in [5.41, 5.74) is -0.209. The van der Waals surface area contributed by atoms with E-state index in [-0.39, 0.29) is 22.4 Å². The van der Waals surface area contributed by atoms with Gasteiger partial charge in [-0.25, -0.2) is 0 Å². The second-order valence-electron chi connectivity index (χ2n) is 4.27. The van der Waals surface area contributed by atoms with E-state index in [9.17, 15) is 9.59 Å². The Kier molecular flexibility index (Phi) is 3.60. The molecule has 0 amide bonds. The zero-order valence-corrected chi connectivity index (χ0v) is 10.0. The molecule has 0 saturated heterocycles. The Balaban J connectivity index is 2.55. The van der Waals surface area contributed by atoms with Crippen molar-refractivity contribution in [3.05, 3.63) is 12.2 Å². The molecule has 1 fully saturated rings. The quantitative estimate of drug-likeness (QED) is 0.749. The van der Waals surface area contributed by atoms with Gasteiger partial charge in [-0.15, -0.1) is 0 Å². The van der Waals surface area contributed by atoms with Gasteiger partial charge in [0.2, 0.25) is 5.12 Å². The third-order valence-electron chi connectivity index (χ3n) is 2.90. The summed E-state index contributed by atoms with van der Waals surface area (Å²) in [5.74, 6) is -0.366. The van der Waals surface area contributed by atoms with Crippen LogP contribution in [0, 0.1) is 17.3 Å². The second-order valence-corrected chi connectivity index (χ2v) is 5.54. The number of hydrogen-bond acceptors (Lipinski definition) is 3. The Morgan fingerprint density at radius 2 is 2.07 bits per heavy atom. The maximum absolute atomic E-state index is 11.2. The maximum Gasteiger partial charge on any atom is 0.307 e. The number of carbonyl (C=O) groups excluding carboxylic acids is 1. The molecule has 0 aromatic carbocycles. The van der Waals surface area contributed by atoms with Crippen molar-refractivity contribution in [2.45, 2.75) is 20.8 Å². The molecule has 1 aliphatic rings. The fraction of sp³-hybridized carbons (Fsp3) is 0.636. The van der Waals surface area contributed by atoms with E-state index in [1.54, 1.807) is 6.08 Å². The van der Waals surface area contributed by atoms with Crippen LogP contribution in [0.15, 0.2) is 12.2 Å². The Labute approximate surface area is 93.9 Å². The molecule has 84 valence electrons. The summed E-state index contributed by atoms with van der Waals surface area (Å²) in [4.78, 5) is 22.0. The molecule has 1 aliphatic carbocycles. The topological polar surface area (TPSA) is 54.4 Å². The van der Waals surface area contributed by atoms with E-state index in [0.717, 1.165) is 5.75 Å². The van der Waals surface area contributed by atoms with Crippen LogP contribution in [-0.4, -0.2) is 21.9 Å². The first-order valence-corrected chi connectivity index (χ1v) is 5.97. The summed E-state index contributed by atoms with van der Waals surface area (Å²) in [6, 6.07) is 0. The summed E-state index contributed by atoms with van der Waals surface area (Å²) in [6.45, 7) is 5.74. The van der Waals surface area contributed by atoms with Gasteiger partial charge in [0.25, 0.3) is 0 Å². The standard InChI is InChI=1S/C11H16O3S/c1-4-15-8(12)6-5-7-9(10(13)14)11(7,2)3/h5-7,9H,4H2,1-3H3,(H,13,14). The van der Waals surface area contributed by atoms with E-state index in [2.05, 4.69) is 0 Å². The van der Waals surface area contributed by atoms with Gasteiger partial charge < -0.3 is 5.11 Å². The lowest BCUT2D eigenvalue weighted by molar-refractivity contribution is -0.139. The predicted molar refractivity (Wildman–Crippen MR) is 60.7 cm³/mol. The van der Waals surface area contributed by atoms with Gasteiger partial charge in [-0.05, 0) is 23.2 Å². The zero-order valence-electron chi connectivity index (χ0n) is 9.19. The average molecular weight is 228 g/mol. The van der Waals surface area contributed by atoms with Crippen LogP contribution < -0.4 is 0 Å². The van der Waals surface area contributed by atoms with Gasteiger partial charge in [-0.3, -0.25) is 9.59 Å².